The molecule has 2 rings (SSSR count). The van der Waals surface area contributed by atoms with Crippen LogP contribution in [-0.4, -0.2) is 23.1 Å². The van der Waals surface area contributed by atoms with Gasteiger partial charge in [-0.15, -0.1) is 0 Å². The topological polar surface area (TPSA) is 55.6 Å². The van der Waals surface area contributed by atoms with E-state index in [-0.39, 0.29) is 5.69 Å². The highest BCUT2D eigenvalue weighted by atomic mass is 16.6. The van der Waals surface area contributed by atoms with Crippen LogP contribution in [0.2, 0.25) is 0 Å². The largest absolute Gasteiger partial charge is 0.356 e. The van der Waals surface area contributed by atoms with Crippen molar-refractivity contribution in [1.29, 1.82) is 0 Å². The number of hydrogen-bond donors (Lipinski definition) is 0. The number of rotatable bonds is 5. The Hall–Kier alpha value is -2.14. The number of allylic oxidation sites excluding steroid dienone is 2. The molecule has 0 amide bonds. The van der Waals surface area contributed by atoms with Gasteiger partial charge in [-0.2, -0.15) is 0 Å². The van der Waals surface area contributed by atoms with Gasteiger partial charge in [0.1, 0.15) is 6.73 Å². The Kier molecular flexibility index (Phi) is 4.09. The minimum absolute atomic E-state index is 0.0944. The highest BCUT2D eigenvalue weighted by molar-refractivity contribution is 5.33. The molecule has 0 fully saturated rings. The summed E-state index contributed by atoms with van der Waals surface area (Å²) in [6.45, 7) is 1.67. The van der Waals surface area contributed by atoms with Gasteiger partial charge in [-0.1, -0.05) is 24.3 Å². The number of nitro benzene ring substituents is 1. The molecule has 0 bridgehead atoms. The van der Waals surface area contributed by atoms with Gasteiger partial charge in [0.25, 0.3) is 5.69 Å². The van der Waals surface area contributed by atoms with E-state index in [0.29, 0.717) is 13.3 Å². The molecule has 0 atom stereocenters. The summed E-state index contributed by atoms with van der Waals surface area (Å²) < 4.78 is 5.51. The predicted octanol–water partition coefficient (Wildman–Crippen LogP) is 2.45. The lowest BCUT2D eigenvalue weighted by molar-refractivity contribution is -0.385. The van der Waals surface area contributed by atoms with Gasteiger partial charge in [-0.25, -0.2) is 0 Å². The molecule has 94 valence electrons. The van der Waals surface area contributed by atoms with Crippen molar-refractivity contribution in [3.63, 3.8) is 0 Å². The molecule has 0 spiro atoms. The molecular formula is C13H14N2O3. The fourth-order valence-corrected chi connectivity index (χ4v) is 1.64. The van der Waals surface area contributed by atoms with E-state index in [2.05, 4.69) is 0 Å². The molecule has 0 unspecified atom stereocenters. The van der Waals surface area contributed by atoms with Gasteiger partial charge in [-0.05, 0) is 11.6 Å². The first-order valence-corrected chi connectivity index (χ1v) is 5.64. The smallest absolute Gasteiger partial charge is 0.269 e. The highest BCUT2D eigenvalue weighted by Crippen LogP contribution is 2.13. The maximum atomic E-state index is 10.6. The molecule has 0 aliphatic carbocycles. The molecule has 1 heterocycles. The van der Waals surface area contributed by atoms with Gasteiger partial charge in [0.15, 0.2) is 0 Å². The predicted molar refractivity (Wildman–Crippen MR) is 67.7 cm³/mol. The third kappa shape index (κ3) is 3.43. The van der Waals surface area contributed by atoms with E-state index in [9.17, 15) is 10.1 Å². The van der Waals surface area contributed by atoms with Crippen LogP contribution in [0, 0.1) is 10.1 Å². The van der Waals surface area contributed by atoms with E-state index in [0.717, 1.165) is 12.1 Å². The molecule has 0 N–H and O–H groups in total. The van der Waals surface area contributed by atoms with Crippen LogP contribution in [0.5, 0.6) is 0 Å². The van der Waals surface area contributed by atoms with Crippen molar-refractivity contribution in [3.8, 4) is 0 Å². The molecular weight excluding hydrogens is 232 g/mol. The Labute approximate surface area is 105 Å². The van der Waals surface area contributed by atoms with Crippen LogP contribution in [0.4, 0.5) is 5.69 Å². The minimum atomic E-state index is -0.401. The molecule has 1 aromatic carbocycles. The van der Waals surface area contributed by atoms with Crippen molar-refractivity contribution in [2.24, 2.45) is 0 Å². The molecule has 5 heteroatoms. The molecule has 0 aromatic heterocycles. The van der Waals surface area contributed by atoms with Crippen molar-refractivity contribution in [2.75, 3.05) is 13.3 Å². The Morgan fingerprint density at radius 3 is 3.00 bits per heavy atom. The zero-order valence-electron chi connectivity index (χ0n) is 9.86. The van der Waals surface area contributed by atoms with Crippen LogP contribution >= 0.6 is 0 Å². The fraction of sp³-hybridized carbons (Fsp3) is 0.231. The lowest BCUT2D eigenvalue weighted by atomic mass is 10.2. The summed E-state index contributed by atoms with van der Waals surface area (Å²) in [6, 6.07) is 6.49. The van der Waals surface area contributed by atoms with Crippen molar-refractivity contribution in [3.05, 3.63) is 64.4 Å². The number of hydrogen-bond acceptors (Lipinski definition) is 4. The molecule has 5 nitrogen and oxygen atoms in total. The first-order valence-electron chi connectivity index (χ1n) is 5.64. The van der Waals surface area contributed by atoms with Crippen LogP contribution in [-0.2, 0) is 11.3 Å². The average Bonchev–Trinajstić information content (AvgIpc) is 2.40. The molecule has 18 heavy (non-hydrogen) atoms. The fourth-order valence-electron chi connectivity index (χ4n) is 1.64. The van der Waals surface area contributed by atoms with Gasteiger partial charge in [-0.3, -0.25) is 10.1 Å². The molecule has 0 saturated heterocycles. The second kappa shape index (κ2) is 5.97. The van der Waals surface area contributed by atoms with Crippen molar-refractivity contribution in [2.45, 2.75) is 6.61 Å². The van der Waals surface area contributed by atoms with E-state index >= 15 is 0 Å². The second-order valence-electron chi connectivity index (χ2n) is 3.95. The third-order valence-corrected chi connectivity index (χ3v) is 2.53. The van der Waals surface area contributed by atoms with Gasteiger partial charge in [0, 0.05) is 24.9 Å². The Morgan fingerprint density at radius 2 is 2.28 bits per heavy atom. The number of nitrogens with zero attached hydrogens (tertiary/aromatic N) is 2. The van der Waals surface area contributed by atoms with E-state index in [1.54, 1.807) is 6.07 Å². The van der Waals surface area contributed by atoms with Crippen molar-refractivity contribution in [1.82, 2.24) is 4.90 Å². The van der Waals surface area contributed by atoms with Gasteiger partial charge in [0.2, 0.25) is 0 Å². The van der Waals surface area contributed by atoms with Crippen LogP contribution in [0.25, 0.3) is 0 Å². The van der Waals surface area contributed by atoms with Crippen molar-refractivity contribution >= 4 is 5.69 Å². The zero-order chi connectivity index (χ0) is 12.8. The Bertz CT molecular complexity index is 483. The van der Waals surface area contributed by atoms with Crippen molar-refractivity contribution < 1.29 is 9.66 Å². The van der Waals surface area contributed by atoms with Gasteiger partial charge in [0.05, 0.1) is 11.5 Å². The standard InChI is InChI=1S/C13H14N2O3/c16-15(17)13-6-4-5-12(9-13)10-18-11-14-7-2-1-3-8-14/h1-7,9H,8,10-11H2. The SMILES string of the molecule is O=[N+]([O-])c1cccc(COCN2C=CC=CC2)c1. The summed E-state index contributed by atoms with van der Waals surface area (Å²) in [6.07, 6.45) is 7.92. The van der Waals surface area contributed by atoms with Crippen LogP contribution in [0.3, 0.4) is 0 Å². The maximum Gasteiger partial charge on any atom is 0.269 e. The lowest BCUT2D eigenvalue weighted by Crippen LogP contribution is -2.21. The molecule has 1 aliphatic rings. The highest BCUT2D eigenvalue weighted by Gasteiger charge is 2.06. The van der Waals surface area contributed by atoms with Gasteiger partial charge >= 0.3 is 0 Å². The number of non-ortho nitro benzene ring substituents is 1. The Balaban J connectivity index is 1.83. The molecule has 1 aromatic rings. The molecule has 1 aliphatic heterocycles. The minimum Gasteiger partial charge on any atom is -0.356 e. The molecule has 0 radical (unpaired) electrons. The number of ether oxygens (including phenoxy) is 1. The van der Waals surface area contributed by atoms with Crippen LogP contribution in [0.15, 0.2) is 48.7 Å². The lowest BCUT2D eigenvalue weighted by Gasteiger charge is -2.20. The first-order chi connectivity index (χ1) is 8.75. The quantitative estimate of drug-likeness (QED) is 0.591. The summed E-state index contributed by atoms with van der Waals surface area (Å²) in [4.78, 5) is 12.2. The average molecular weight is 246 g/mol. The van der Waals surface area contributed by atoms with Gasteiger partial charge < -0.3 is 9.64 Å². The molecule has 0 saturated carbocycles. The maximum absolute atomic E-state index is 10.6. The normalized spacial score (nSPS) is 13.9. The van der Waals surface area contributed by atoms with Crippen LogP contribution in [0.1, 0.15) is 5.56 Å². The summed E-state index contributed by atoms with van der Waals surface area (Å²) >= 11 is 0. The summed E-state index contributed by atoms with van der Waals surface area (Å²) in [5, 5.41) is 10.6. The monoisotopic (exact) mass is 246 g/mol. The Morgan fingerprint density at radius 1 is 1.39 bits per heavy atom. The number of benzene rings is 1. The third-order valence-electron chi connectivity index (χ3n) is 2.53. The summed E-state index contributed by atoms with van der Waals surface area (Å²) in [5.74, 6) is 0. The van der Waals surface area contributed by atoms with E-state index in [4.69, 9.17) is 4.74 Å². The zero-order valence-corrected chi connectivity index (χ0v) is 9.86. The van der Waals surface area contributed by atoms with E-state index < -0.39 is 4.92 Å². The van der Waals surface area contributed by atoms with E-state index in [1.165, 1.54) is 12.1 Å². The summed E-state index contributed by atoms with van der Waals surface area (Å²) in [5.41, 5.74) is 0.901. The van der Waals surface area contributed by atoms with Crippen LogP contribution < -0.4 is 0 Å². The number of nitro groups is 1. The second-order valence-corrected chi connectivity index (χ2v) is 3.95. The summed E-state index contributed by atoms with van der Waals surface area (Å²) in [7, 11) is 0. The van der Waals surface area contributed by atoms with E-state index in [1.807, 2.05) is 35.4 Å². The first kappa shape index (κ1) is 12.3.